The minimum atomic E-state index is -0.950. The predicted octanol–water partition coefficient (Wildman–Crippen LogP) is 14.1. The van der Waals surface area contributed by atoms with Crippen molar-refractivity contribution >= 4 is 100 Å². The molecule has 1 aromatic rings. The maximum Gasteiger partial charge on any atom is 0.303 e. The molecule has 0 bridgehead atoms. The highest BCUT2D eigenvalue weighted by molar-refractivity contribution is 5.91. The lowest BCUT2D eigenvalue weighted by Crippen LogP contribution is -2.52. The van der Waals surface area contributed by atoms with Gasteiger partial charge in [-0.1, -0.05) is 213 Å². The molecule has 139 heavy (non-hydrogen) atoms. The fourth-order valence-corrected chi connectivity index (χ4v) is 10.1. The van der Waals surface area contributed by atoms with E-state index in [0.29, 0.717) is 174 Å². The molecule has 0 aromatic carbocycles. The van der Waals surface area contributed by atoms with Crippen molar-refractivity contribution in [2.45, 2.75) is 381 Å². The molecular weight excluding hydrogens is 1780 g/mol. The lowest BCUT2D eigenvalue weighted by molar-refractivity contribution is -0.137. The van der Waals surface area contributed by atoms with E-state index in [4.69, 9.17) is 43.6 Å². The summed E-state index contributed by atoms with van der Waals surface area (Å²) in [6.07, 6.45) is 20.3. The highest BCUT2D eigenvalue weighted by Gasteiger charge is 2.29. The maximum absolute atomic E-state index is 11.6. The van der Waals surface area contributed by atoms with E-state index in [0.717, 1.165) is 96.4 Å². The third kappa shape index (κ3) is 139. The van der Waals surface area contributed by atoms with Gasteiger partial charge < -0.3 is 96.4 Å². The number of rotatable bonds is 54. The molecule has 21 N–H and O–H groups in total. The normalized spacial score (nSPS) is 10.5. The molecule has 1 rings (SSSR count). The van der Waals surface area contributed by atoms with Crippen molar-refractivity contribution in [3.63, 3.8) is 0 Å². The van der Waals surface area contributed by atoms with E-state index < -0.39 is 34.6 Å². The number of ether oxygens (including phenoxy) is 1. The number of aliphatic hydroxyl groups is 1. The van der Waals surface area contributed by atoms with Gasteiger partial charge in [-0.3, -0.25) is 76.7 Å². The number of amides is 15. The second-order valence-electron chi connectivity index (χ2n) is 41.4. The first-order valence-corrected chi connectivity index (χ1v) is 50.2. The number of anilines is 1. The van der Waals surface area contributed by atoms with Crippen LogP contribution in [0.1, 0.15) is 375 Å². The molecule has 15 amide bonds. The van der Waals surface area contributed by atoms with Gasteiger partial charge in [-0.2, -0.15) is 0 Å². The van der Waals surface area contributed by atoms with E-state index in [1.54, 1.807) is 54.4 Å². The number of carbonyl (C=O) groups is 16. The van der Waals surface area contributed by atoms with Crippen LogP contribution >= 0.6 is 0 Å². The van der Waals surface area contributed by atoms with Crippen molar-refractivity contribution in [1.82, 2.24) is 52.4 Å². The zero-order chi connectivity index (χ0) is 111. The minimum absolute atomic E-state index is 0.0212. The molecule has 35 heteroatoms. The molecule has 0 aliphatic carbocycles. The number of carboxylic acids is 1. The van der Waals surface area contributed by atoms with Gasteiger partial charge in [0.05, 0.1) is 26.3 Å². The number of hydrogen-bond acceptors (Lipinski definition) is 19. The third-order valence-electron chi connectivity index (χ3n) is 18.8. The summed E-state index contributed by atoms with van der Waals surface area (Å²) in [6.45, 7) is 65.5. The number of carboxylic acid groups (broad SMARTS) is 1. The number of pyridine rings is 1. The van der Waals surface area contributed by atoms with E-state index in [1.165, 1.54) is 4.90 Å². The van der Waals surface area contributed by atoms with Gasteiger partial charge in [-0.25, -0.2) is 4.98 Å². The maximum atomic E-state index is 11.6. The molecule has 1 heterocycles. The number of hydrogen-bond donors (Lipinski definition) is 16. The standard InChI is InChI=1S/C11H22N2O2.C11H16N2O.2C10H20N2O2.C10H21NO.C9H19NO2.C8H16N2O2.C8H17NO2.C8H17NO.C7H15NO.C6H13NO.C6H12O2/c1-9(2)5-6-10(14)12-8-7-11(15)13(3)4;1-9(2)6-7-11(14)13-10-5-3-4-8-12-10;1-7(2)5-10(3,4)9(14)12-6-8(11)13;1-7(2)5-6-8(13)12-10(3,4)9(11)14;1-4-5-8-11-10(12)7-6-9(2)3;1-8(2)4-5-9(11)10-6-7-12-3;1-6(2)3-4-8(12)10-5-7(9)11;1-7(2)3-4-8(11)9-5-6-10;1-6(2)5-8(3,4)7(9)10;1-6(2)4-5-7(9)8-3;2*1-5(2)3-4-6(7)8/h9H,5-8H2,1-4H3,(H,12,14);3-5,8-9H,6-7H2,1-2H3,(H,12,13,14);7H,5-6H2,1-4H3,(H2,11,13)(H,12,14);7H,5-6H2,1-4H3,(H2,11,14)(H,12,13);9H,4-8H2,1-3H3,(H,11,12);8H,4-7H2,1-3H3,(H,10,11);6H,3-5H2,1-2H3,(H2,9,11)(H,10,12);7,10H,3-6H2,1-2H3,(H,9,11);6H,5H2,1-4H3,(H2,9,10);6H,4-5H2,1-3H3,(H,8,9);5H,3-4H2,1-2H3,(H2,7,8);5H,3-4H2,1-2H3,(H,7,8). The number of carbonyl (C=O) groups excluding carboxylic acids is 15. The van der Waals surface area contributed by atoms with Crippen LogP contribution in [0.25, 0.3) is 0 Å². The van der Waals surface area contributed by atoms with Gasteiger partial charge in [-0.05, 0) is 180 Å². The summed E-state index contributed by atoms with van der Waals surface area (Å²) in [7, 11) is 6.72. The van der Waals surface area contributed by atoms with E-state index in [2.05, 4.69) is 184 Å². The van der Waals surface area contributed by atoms with E-state index in [9.17, 15) is 76.7 Å². The summed E-state index contributed by atoms with van der Waals surface area (Å²) < 4.78 is 4.80. The summed E-state index contributed by atoms with van der Waals surface area (Å²) >= 11 is 0. The van der Waals surface area contributed by atoms with E-state index >= 15 is 0 Å². The second kappa shape index (κ2) is 97.4. The summed E-state index contributed by atoms with van der Waals surface area (Å²) in [5.41, 5.74) is 23.2. The number of methoxy groups -OCH3 is 1. The number of aliphatic hydroxyl groups excluding tert-OH is 1. The lowest BCUT2D eigenvalue weighted by Gasteiger charge is -2.25. The van der Waals surface area contributed by atoms with Crippen molar-refractivity contribution in [3.05, 3.63) is 24.4 Å². The van der Waals surface area contributed by atoms with Gasteiger partial charge in [-0.15, -0.1) is 0 Å². The smallest absolute Gasteiger partial charge is 0.303 e. The van der Waals surface area contributed by atoms with Gasteiger partial charge in [0.15, 0.2) is 0 Å². The molecule has 0 radical (unpaired) electrons. The van der Waals surface area contributed by atoms with Crippen LogP contribution in [0, 0.1) is 81.8 Å². The molecule has 0 spiro atoms. The first-order chi connectivity index (χ1) is 63.9. The molecule has 0 saturated carbocycles. The second-order valence-corrected chi connectivity index (χ2v) is 41.4. The van der Waals surface area contributed by atoms with Gasteiger partial charge in [0.2, 0.25) is 88.6 Å². The van der Waals surface area contributed by atoms with E-state index in [-0.39, 0.29) is 96.0 Å². The molecule has 35 nitrogen and oxygen atoms in total. The Morgan fingerprint density at radius 3 is 0.986 bits per heavy atom. The van der Waals surface area contributed by atoms with E-state index in [1.807, 2.05) is 81.4 Å². The van der Waals surface area contributed by atoms with Gasteiger partial charge in [0, 0.05) is 142 Å². The van der Waals surface area contributed by atoms with Crippen molar-refractivity contribution in [3.8, 4) is 0 Å². The van der Waals surface area contributed by atoms with Crippen molar-refractivity contribution < 1.29 is 91.7 Å². The fraction of sp³-hybridized carbons (Fsp3) is 0.798. The van der Waals surface area contributed by atoms with Crippen molar-refractivity contribution in [2.24, 2.45) is 111 Å². The molecule has 0 aliphatic heterocycles. The highest BCUT2D eigenvalue weighted by Crippen LogP contribution is 2.26. The zero-order valence-electron chi connectivity index (χ0n) is 93.7. The molecule has 1 aromatic heterocycles. The topological polar surface area (TPSA) is 577 Å². The first kappa shape index (κ1) is 152. The molecule has 0 unspecified atom stereocenters. The number of nitrogens with two attached hydrogens (primary N) is 5. The van der Waals surface area contributed by atoms with Gasteiger partial charge >= 0.3 is 5.97 Å². The number of unbranched alkanes of at least 4 members (excludes halogenated alkanes) is 1. The average Bonchev–Trinajstić information content (AvgIpc) is 0.869. The number of aromatic nitrogens is 1. The van der Waals surface area contributed by atoms with Crippen LogP contribution in [0.4, 0.5) is 5.82 Å². The first-order valence-electron chi connectivity index (χ1n) is 50.2. The Morgan fingerprint density at radius 1 is 0.381 bits per heavy atom. The average molecular weight is 1990 g/mol. The minimum Gasteiger partial charge on any atom is -0.481 e. The molecule has 0 atom stereocenters. The monoisotopic (exact) mass is 1990 g/mol. The Balaban J connectivity index is -0.000000144. The summed E-state index contributed by atoms with van der Waals surface area (Å²) in [5.74, 6) is 4.83. The quantitative estimate of drug-likeness (QED) is 0.0269. The van der Waals surface area contributed by atoms with Crippen LogP contribution in [-0.2, 0) is 81.4 Å². The third-order valence-corrected chi connectivity index (χ3v) is 18.8. The Bertz CT molecular complexity index is 3290. The van der Waals surface area contributed by atoms with Crippen LogP contribution in [0.2, 0.25) is 0 Å². The molecule has 0 saturated heterocycles. The Labute approximate surface area is 842 Å². The Hall–Kier alpha value is -9.41. The van der Waals surface area contributed by atoms with Crippen LogP contribution < -0.4 is 76.5 Å². The zero-order valence-corrected chi connectivity index (χ0v) is 93.7. The van der Waals surface area contributed by atoms with Crippen molar-refractivity contribution in [1.29, 1.82) is 0 Å². The SMILES string of the molecule is CC(C)CC(C)(C)C(=O)NCC(N)=O.CC(C)CC(C)(C)C(N)=O.CC(C)CCC(=O)NC(C)(C)C(N)=O.CC(C)CCC(=O)NCC(N)=O.CC(C)CCC(=O)NCCC(=O)N(C)C.CC(C)CCC(=O)NCCO.CC(C)CCC(=O)Nc1ccccn1.CC(C)CCC(=O)O.CC(C)CCC(N)=O.CCCCNC(=O)CCC(C)C.CNC(=O)CCC(C)C.COCCNC(=O)CCC(C)C. The Morgan fingerprint density at radius 2 is 0.705 bits per heavy atom. The number of aliphatic carboxylic acids is 1. The van der Waals surface area contributed by atoms with Crippen molar-refractivity contribution in [2.75, 3.05) is 86.1 Å². The molecule has 0 fully saturated rings. The molecule has 818 valence electrons. The van der Waals surface area contributed by atoms with Crippen LogP contribution in [0.5, 0.6) is 0 Å². The lowest BCUT2D eigenvalue weighted by atomic mass is 9.83. The Kier molecular flexibility index (Phi) is 107. The predicted molar refractivity (Wildman–Crippen MR) is 565 cm³/mol. The largest absolute Gasteiger partial charge is 0.481 e. The number of primary amides is 5. The van der Waals surface area contributed by atoms with Crippen LogP contribution in [-0.4, -0.2) is 201 Å². The van der Waals surface area contributed by atoms with Gasteiger partial charge in [0.1, 0.15) is 11.4 Å². The van der Waals surface area contributed by atoms with Crippen LogP contribution in [0.3, 0.4) is 0 Å². The van der Waals surface area contributed by atoms with Crippen LogP contribution in [0.15, 0.2) is 24.4 Å². The highest BCUT2D eigenvalue weighted by atomic mass is 16.5. The number of nitrogens with one attached hydrogen (secondary N) is 9. The molecular formula is C104H208N16O19. The molecule has 0 aliphatic rings. The summed E-state index contributed by atoms with van der Waals surface area (Å²) in [6, 6.07) is 5.46. The fourth-order valence-electron chi connectivity index (χ4n) is 10.1. The number of nitrogens with zero attached hydrogens (tertiary/aromatic N) is 2. The summed E-state index contributed by atoms with van der Waals surface area (Å²) in [4.78, 5) is 179. The summed E-state index contributed by atoms with van der Waals surface area (Å²) in [5, 5.41) is 40.4. The van der Waals surface area contributed by atoms with Gasteiger partial charge in [0.25, 0.3) is 0 Å².